The summed E-state index contributed by atoms with van der Waals surface area (Å²) in [5.41, 5.74) is 0. The van der Waals surface area contributed by atoms with Crippen LogP contribution in [0.15, 0.2) is 0 Å². The predicted molar refractivity (Wildman–Crippen MR) is 42.3 cm³/mol. The van der Waals surface area contributed by atoms with Gasteiger partial charge in [0.15, 0.2) is 5.78 Å². The molecule has 0 amide bonds. The maximum Gasteiger partial charge on any atom is 0.233 e. The zero-order valence-electron chi connectivity index (χ0n) is 7.50. The average molecular weight is 174 g/mol. The molecule has 0 aliphatic carbocycles. The molecule has 0 heterocycles. The topological polar surface area (TPSA) is 74.6 Å². The quantitative estimate of drug-likeness (QED) is 0.582. The minimum absolute atomic E-state index is 0.238. The van der Waals surface area contributed by atoms with Gasteiger partial charge in [0, 0.05) is 6.92 Å². The van der Waals surface area contributed by atoms with Crippen LogP contribution in [0.1, 0.15) is 27.2 Å². The van der Waals surface area contributed by atoms with Gasteiger partial charge in [-0.25, -0.2) is 0 Å². The SMILES string of the molecule is CCC(C(C)=O)C(O)(O)C(C)=O. The van der Waals surface area contributed by atoms with E-state index >= 15 is 0 Å². The molecule has 0 aromatic rings. The van der Waals surface area contributed by atoms with Crippen molar-refractivity contribution in [3.05, 3.63) is 0 Å². The molecule has 2 N–H and O–H groups in total. The summed E-state index contributed by atoms with van der Waals surface area (Å²) in [5, 5.41) is 18.4. The van der Waals surface area contributed by atoms with E-state index in [2.05, 4.69) is 0 Å². The number of carbonyl (C=O) groups is 2. The van der Waals surface area contributed by atoms with Crippen LogP contribution in [-0.4, -0.2) is 27.6 Å². The van der Waals surface area contributed by atoms with E-state index in [-0.39, 0.29) is 6.42 Å². The average Bonchev–Trinajstić information content (AvgIpc) is 1.86. The molecule has 0 aromatic carbocycles. The van der Waals surface area contributed by atoms with Crippen LogP contribution in [0.3, 0.4) is 0 Å². The standard InChI is InChI=1S/C8H14O4/c1-4-7(5(2)9)8(11,12)6(3)10/h7,11-12H,4H2,1-3H3. The molecule has 0 aliphatic heterocycles. The normalized spacial score (nSPS) is 14.1. The van der Waals surface area contributed by atoms with Crippen molar-refractivity contribution in [3.8, 4) is 0 Å². The zero-order valence-corrected chi connectivity index (χ0v) is 7.50. The van der Waals surface area contributed by atoms with Crippen molar-refractivity contribution in [1.29, 1.82) is 0 Å². The van der Waals surface area contributed by atoms with Gasteiger partial charge in [-0.05, 0) is 13.3 Å². The van der Waals surface area contributed by atoms with Crippen molar-refractivity contribution in [3.63, 3.8) is 0 Å². The number of aliphatic hydroxyl groups is 2. The summed E-state index contributed by atoms with van der Waals surface area (Å²) in [6.07, 6.45) is 0.238. The van der Waals surface area contributed by atoms with Gasteiger partial charge < -0.3 is 10.2 Å². The molecule has 0 spiro atoms. The van der Waals surface area contributed by atoms with E-state index in [1.165, 1.54) is 6.92 Å². The first-order valence-electron chi connectivity index (χ1n) is 3.80. The molecule has 0 bridgehead atoms. The number of rotatable bonds is 4. The molecule has 0 saturated heterocycles. The van der Waals surface area contributed by atoms with E-state index in [0.29, 0.717) is 0 Å². The van der Waals surface area contributed by atoms with Gasteiger partial charge in [0.1, 0.15) is 5.78 Å². The molecule has 0 aromatic heterocycles. The fourth-order valence-corrected chi connectivity index (χ4v) is 1.10. The largest absolute Gasteiger partial charge is 0.359 e. The molecule has 0 rings (SSSR count). The summed E-state index contributed by atoms with van der Waals surface area (Å²) >= 11 is 0. The van der Waals surface area contributed by atoms with Crippen LogP contribution in [0.4, 0.5) is 0 Å². The van der Waals surface area contributed by atoms with Gasteiger partial charge in [0.05, 0.1) is 5.92 Å². The third-order valence-electron chi connectivity index (χ3n) is 1.90. The number of hydrogen-bond donors (Lipinski definition) is 2. The van der Waals surface area contributed by atoms with Crippen LogP contribution in [0, 0.1) is 5.92 Å². The molecule has 12 heavy (non-hydrogen) atoms. The van der Waals surface area contributed by atoms with Gasteiger partial charge >= 0.3 is 0 Å². The van der Waals surface area contributed by atoms with E-state index in [9.17, 15) is 19.8 Å². The third kappa shape index (κ3) is 2.12. The van der Waals surface area contributed by atoms with Gasteiger partial charge in [-0.1, -0.05) is 6.92 Å². The maximum absolute atomic E-state index is 10.9. The van der Waals surface area contributed by atoms with Gasteiger partial charge in [0.2, 0.25) is 5.79 Å². The van der Waals surface area contributed by atoms with Crippen molar-refractivity contribution in [1.82, 2.24) is 0 Å². The highest BCUT2D eigenvalue weighted by Crippen LogP contribution is 2.19. The summed E-state index contributed by atoms with van der Waals surface area (Å²) in [4.78, 5) is 21.6. The first-order chi connectivity index (χ1) is 5.34. The lowest BCUT2D eigenvalue weighted by molar-refractivity contribution is -0.202. The molecule has 0 radical (unpaired) electrons. The van der Waals surface area contributed by atoms with Crippen molar-refractivity contribution >= 4 is 11.6 Å². The highest BCUT2D eigenvalue weighted by molar-refractivity contribution is 5.90. The Balaban J connectivity index is 4.71. The smallest absolute Gasteiger partial charge is 0.233 e. The van der Waals surface area contributed by atoms with Gasteiger partial charge in [-0.15, -0.1) is 0 Å². The summed E-state index contributed by atoms with van der Waals surface area (Å²) in [6, 6.07) is 0. The fraction of sp³-hybridized carbons (Fsp3) is 0.750. The van der Waals surface area contributed by atoms with Crippen LogP contribution in [-0.2, 0) is 9.59 Å². The Morgan fingerprint density at radius 1 is 1.33 bits per heavy atom. The zero-order chi connectivity index (χ0) is 9.94. The lowest BCUT2D eigenvalue weighted by Gasteiger charge is -2.25. The second-order valence-corrected chi connectivity index (χ2v) is 2.85. The van der Waals surface area contributed by atoms with Gasteiger partial charge in [0.25, 0.3) is 0 Å². The number of hydrogen-bond acceptors (Lipinski definition) is 4. The first kappa shape index (κ1) is 11.3. The maximum atomic E-state index is 10.9. The molecule has 1 atom stereocenters. The molecule has 0 aliphatic rings. The second kappa shape index (κ2) is 3.78. The van der Waals surface area contributed by atoms with E-state index in [1.54, 1.807) is 6.92 Å². The Kier molecular flexibility index (Phi) is 3.55. The molecule has 70 valence electrons. The minimum atomic E-state index is -2.50. The monoisotopic (exact) mass is 174 g/mol. The molecule has 4 nitrogen and oxygen atoms in total. The van der Waals surface area contributed by atoms with Crippen molar-refractivity contribution in [2.24, 2.45) is 5.92 Å². The molecule has 0 saturated carbocycles. The molecule has 4 heteroatoms. The predicted octanol–water partition coefficient (Wildman–Crippen LogP) is -0.128. The van der Waals surface area contributed by atoms with Crippen molar-refractivity contribution < 1.29 is 19.8 Å². The molecule has 1 unspecified atom stereocenters. The van der Waals surface area contributed by atoms with Gasteiger partial charge in [-0.2, -0.15) is 0 Å². The number of carbonyl (C=O) groups excluding carboxylic acids is 2. The summed E-state index contributed by atoms with van der Waals surface area (Å²) < 4.78 is 0. The Morgan fingerprint density at radius 2 is 1.75 bits per heavy atom. The van der Waals surface area contributed by atoms with Crippen molar-refractivity contribution in [2.45, 2.75) is 33.0 Å². The van der Waals surface area contributed by atoms with E-state index < -0.39 is 23.3 Å². The summed E-state index contributed by atoms with van der Waals surface area (Å²) in [7, 11) is 0. The van der Waals surface area contributed by atoms with E-state index in [1.807, 2.05) is 0 Å². The Bertz CT molecular complexity index is 195. The number of ketones is 2. The molecular weight excluding hydrogens is 160 g/mol. The highest BCUT2D eigenvalue weighted by atomic mass is 16.5. The molecular formula is C8H14O4. The minimum Gasteiger partial charge on any atom is -0.359 e. The van der Waals surface area contributed by atoms with E-state index in [0.717, 1.165) is 6.92 Å². The van der Waals surface area contributed by atoms with E-state index in [4.69, 9.17) is 0 Å². The van der Waals surface area contributed by atoms with Gasteiger partial charge in [-0.3, -0.25) is 9.59 Å². The lowest BCUT2D eigenvalue weighted by atomic mass is 9.89. The molecule has 0 fully saturated rings. The van der Waals surface area contributed by atoms with Crippen LogP contribution in [0.5, 0.6) is 0 Å². The Labute approximate surface area is 71.2 Å². The lowest BCUT2D eigenvalue weighted by Crippen LogP contribution is -2.47. The Hall–Kier alpha value is -0.740. The van der Waals surface area contributed by atoms with Crippen LogP contribution in [0.25, 0.3) is 0 Å². The third-order valence-corrected chi connectivity index (χ3v) is 1.90. The summed E-state index contributed by atoms with van der Waals surface area (Å²) in [5.74, 6) is -4.71. The van der Waals surface area contributed by atoms with Crippen LogP contribution in [0.2, 0.25) is 0 Å². The van der Waals surface area contributed by atoms with Crippen LogP contribution >= 0.6 is 0 Å². The Morgan fingerprint density at radius 3 is 1.83 bits per heavy atom. The second-order valence-electron chi connectivity index (χ2n) is 2.85. The summed E-state index contributed by atoms with van der Waals surface area (Å²) in [6.45, 7) is 3.90. The van der Waals surface area contributed by atoms with Crippen molar-refractivity contribution in [2.75, 3.05) is 0 Å². The number of Topliss-reactive ketones (excluding diaryl/α,β-unsaturated/α-hetero) is 2. The van der Waals surface area contributed by atoms with Crippen LogP contribution < -0.4 is 0 Å². The fourth-order valence-electron chi connectivity index (χ4n) is 1.10. The first-order valence-corrected chi connectivity index (χ1v) is 3.80. The highest BCUT2D eigenvalue weighted by Gasteiger charge is 2.40.